The summed E-state index contributed by atoms with van der Waals surface area (Å²) in [5, 5.41) is 22.1. The first-order valence-corrected chi connectivity index (χ1v) is 25.7. The van der Waals surface area contributed by atoms with E-state index in [-0.39, 0.29) is 50.7 Å². The first kappa shape index (κ1) is 44.3. The molecule has 0 bridgehead atoms. The van der Waals surface area contributed by atoms with Crippen LogP contribution in [-0.2, 0) is 32.5 Å². The van der Waals surface area contributed by atoms with Crippen molar-refractivity contribution in [2.75, 3.05) is 9.80 Å². The number of rotatable bonds is 3. The van der Waals surface area contributed by atoms with E-state index in [2.05, 4.69) is 179 Å². The first-order valence-electron chi connectivity index (χ1n) is 25.7. The second kappa shape index (κ2) is 14.1. The van der Waals surface area contributed by atoms with E-state index in [9.17, 15) is 10.2 Å². The average molecular weight is 913 g/mol. The number of furan rings is 1. The van der Waals surface area contributed by atoms with Gasteiger partial charge >= 0.3 is 0 Å². The maximum atomic E-state index is 10.5. The number of anilines is 6. The van der Waals surface area contributed by atoms with Gasteiger partial charge in [-0.3, -0.25) is 0 Å². The molecule has 1 aromatic heterocycles. The lowest BCUT2D eigenvalue weighted by Gasteiger charge is -2.47. The molecular weight excluding hydrogens is 844 g/mol. The van der Waals surface area contributed by atoms with Crippen LogP contribution in [0.2, 0.25) is 0 Å². The van der Waals surface area contributed by atoms with Crippen LogP contribution in [0.25, 0.3) is 22.1 Å². The molecule has 2 N–H and O–H groups in total. The molecule has 7 aromatic rings. The van der Waals surface area contributed by atoms with Gasteiger partial charge in [0.15, 0.2) is 0 Å². The third-order valence-electron chi connectivity index (χ3n) is 18.2. The van der Waals surface area contributed by atoms with E-state index < -0.39 is 0 Å². The molecule has 0 fully saturated rings. The summed E-state index contributed by atoms with van der Waals surface area (Å²) in [5.74, 6) is 0.0754. The maximum Gasteiger partial charge on any atom is 0.297 e. The zero-order chi connectivity index (χ0) is 48.7. The molecule has 0 radical (unpaired) electrons. The van der Waals surface area contributed by atoms with Crippen LogP contribution < -0.4 is 26.4 Å². The standard InChI is InChI=1S/C63H69BN2O3/c1-36-26-52-55-53(27-36)66(39-16-14-37(15-17-39)38-28-41(67)31-42(68)29-38)56-43-32-46-49(63(12,13)25-22-60(46,6)7)35-54(43)69-57(56)64(55)50-33-47-48(62(10,11)24-23-61(47,8)9)34-51(50)65(52)40-18-19-44-45(30-40)59(4,5)21-20-58(44,2)3/h14-19,26-35,67-68H,20-25H2,1-13H3. The summed E-state index contributed by atoms with van der Waals surface area (Å²) in [6, 6.07) is 35.8. The summed E-state index contributed by atoms with van der Waals surface area (Å²) in [6.45, 7) is 31.3. The maximum absolute atomic E-state index is 10.5. The molecule has 69 heavy (non-hydrogen) atoms. The van der Waals surface area contributed by atoms with Gasteiger partial charge in [0, 0.05) is 39.9 Å². The molecule has 6 heteroatoms. The van der Waals surface area contributed by atoms with Crippen LogP contribution >= 0.6 is 0 Å². The number of phenols is 2. The second-order valence-corrected chi connectivity index (χ2v) is 25.8. The van der Waals surface area contributed by atoms with Crippen molar-refractivity contribution in [1.82, 2.24) is 0 Å². The summed E-state index contributed by atoms with van der Waals surface area (Å²) in [7, 11) is 0. The minimum Gasteiger partial charge on any atom is -0.508 e. The van der Waals surface area contributed by atoms with Gasteiger partial charge in [0.25, 0.3) is 6.71 Å². The number of benzene rings is 6. The van der Waals surface area contributed by atoms with Gasteiger partial charge in [-0.05, 0) is 206 Å². The Morgan fingerprint density at radius 2 is 0.928 bits per heavy atom. The predicted molar refractivity (Wildman–Crippen MR) is 290 cm³/mol. The molecule has 3 heterocycles. The van der Waals surface area contributed by atoms with Crippen molar-refractivity contribution in [3.05, 3.63) is 136 Å². The van der Waals surface area contributed by atoms with Gasteiger partial charge in [-0.1, -0.05) is 107 Å². The smallest absolute Gasteiger partial charge is 0.297 e. The number of aryl methyl sites for hydroxylation is 1. The van der Waals surface area contributed by atoms with Gasteiger partial charge in [-0.15, -0.1) is 0 Å². The Kier molecular flexibility index (Phi) is 9.09. The lowest BCUT2D eigenvalue weighted by atomic mass is 9.35. The quantitative estimate of drug-likeness (QED) is 0.173. The second-order valence-electron chi connectivity index (χ2n) is 25.8. The van der Waals surface area contributed by atoms with Crippen LogP contribution in [0.15, 0.2) is 101 Å². The fourth-order valence-electron chi connectivity index (χ4n) is 13.6. The topological polar surface area (TPSA) is 60.1 Å². The van der Waals surface area contributed by atoms with Gasteiger partial charge in [0.05, 0.1) is 11.3 Å². The number of hydrogen-bond donors (Lipinski definition) is 2. The number of aromatic hydroxyl groups is 2. The summed E-state index contributed by atoms with van der Waals surface area (Å²) in [4.78, 5) is 5.12. The van der Waals surface area contributed by atoms with Crippen molar-refractivity contribution in [2.45, 2.75) is 161 Å². The minimum absolute atomic E-state index is 0.00420. The third kappa shape index (κ3) is 6.48. The number of phenolic OH excluding ortho intramolecular Hbond substituents is 2. The lowest BCUT2D eigenvalue weighted by Crippen LogP contribution is -2.61. The van der Waals surface area contributed by atoms with Gasteiger partial charge in [-0.2, -0.15) is 0 Å². The molecule has 5 aliphatic rings. The lowest BCUT2D eigenvalue weighted by molar-refractivity contribution is 0.332. The highest BCUT2D eigenvalue weighted by Crippen LogP contribution is 2.55. The molecule has 5 nitrogen and oxygen atoms in total. The van der Waals surface area contributed by atoms with Crippen molar-refractivity contribution >= 4 is 68.4 Å². The molecule has 0 atom stereocenters. The van der Waals surface area contributed by atoms with Crippen molar-refractivity contribution < 1.29 is 14.6 Å². The highest BCUT2D eigenvalue weighted by atomic mass is 16.3. The fraction of sp³-hybridized carbons (Fsp3) is 0.397. The number of fused-ring (bicyclic) bond motifs is 9. The van der Waals surface area contributed by atoms with Crippen molar-refractivity contribution in [3.63, 3.8) is 0 Å². The normalized spacial score (nSPS) is 20.3. The summed E-state index contributed by atoms with van der Waals surface area (Å²) >= 11 is 0. The first-order chi connectivity index (χ1) is 32.3. The monoisotopic (exact) mass is 913 g/mol. The number of nitrogens with zero attached hydrogens (tertiary/aromatic N) is 2. The highest BCUT2D eigenvalue weighted by Gasteiger charge is 2.50. The van der Waals surface area contributed by atoms with Crippen LogP contribution in [0.3, 0.4) is 0 Å². The van der Waals surface area contributed by atoms with Gasteiger partial charge in [-0.25, -0.2) is 0 Å². The molecule has 2 aliphatic heterocycles. The zero-order valence-electron chi connectivity index (χ0n) is 43.3. The van der Waals surface area contributed by atoms with Gasteiger partial charge in [0.1, 0.15) is 17.1 Å². The van der Waals surface area contributed by atoms with E-state index in [1.54, 1.807) is 12.1 Å². The Morgan fingerprint density at radius 1 is 0.449 bits per heavy atom. The Hall–Kier alpha value is -5.88. The predicted octanol–water partition coefficient (Wildman–Crippen LogP) is 14.9. The van der Waals surface area contributed by atoms with E-state index in [1.165, 1.54) is 79.4 Å². The van der Waals surface area contributed by atoms with Crippen LogP contribution in [0.5, 0.6) is 11.5 Å². The van der Waals surface area contributed by atoms with E-state index >= 15 is 0 Å². The van der Waals surface area contributed by atoms with E-state index in [1.807, 2.05) is 0 Å². The van der Waals surface area contributed by atoms with Crippen molar-refractivity contribution in [2.24, 2.45) is 0 Å². The highest BCUT2D eigenvalue weighted by molar-refractivity contribution is 7.00. The Morgan fingerprint density at radius 3 is 1.51 bits per heavy atom. The van der Waals surface area contributed by atoms with E-state index in [0.29, 0.717) is 0 Å². The van der Waals surface area contributed by atoms with E-state index in [4.69, 9.17) is 4.42 Å². The molecule has 6 aromatic carbocycles. The molecular formula is C63H69BN2O3. The van der Waals surface area contributed by atoms with E-state index in [0.717, 1.165) is 76.9 Å². The zero-order valence-corrected chi connectivity index (χ0v) is 43.3. The van der Waals surface area contributed by atoms with Crippen LogP contribution in [-0.4, -0.2) is 16.9 Å². The van der Waals surface area contributed by atoms with Crippen LogP contribution in [0, 0.1) is 6.92 Å². The Balaban J connectivity index is 1.18. The van der Waals surface area contributed by atoms with Gasteiger partial charge < -0.3 is 24.4 Å². The molecule has 0 saturated carbocycles. The largest absolute Gasteiger partial charge is 0.508 e. The molecule has 352 valence electrons. The van der Waals surface area contributed by atoms with Crippen LogP contribution in [0.1, 0.15) is 161 Å². The molecule has 3 aliphatic carbocycles. The molecule has 0 unspecified atom stereocenters. The summed E-state index contributed by atoms with van der Waals surface area (Å²) < 4.78 is 7.61. The SMILES string of the molecule is Cc1cc2c3c(c1)N(c1ccc(-c4cc(O)cc(O)c4)cc1)c1c(oc4cc5c(cc14)C(C)(C)CCC5(C)C)B3c1cc3c(cc1N2c1ccc2c(c1)C(C)(C)CCC2(C)C)C(C)(C)CCC3(C)C. The Labute approximate surface area is 410 Å². The average Bonchev–Trinajstić information content (AvgIpc) is 3.65. The van der Waals surface area contributed by atoms with Crippen molar-refractivity contribution in [1.29, 1.82) is 0 Å². The summed E-state index contributed by atoms with van der Waals surface area (Å²) in [5.41, 5.74) is 23.2. The molecule has 0 saturated heterocycles. The summed E-state index contributed by atoms with van der Waals surface area (Å²) in [6.07, 6.45) is 6.86. The Bertz CT molecular complexity index is 3320. The molecule has 12 rings (SSSR count). The third-order valence-corrected chi connectivity index (χ3v) is 18.2. The molecule has 0 amide bonds. The van der Waals surface area contributed by atoms with Crippen molar-refractivity contribution in [3.8, 4) is 22.6 Å². The molecule has 0 spiro atoms. The van der Waals surface area contributed by atoms with Crippen LogP contribution in [0.4, 0.5) is 34.1 Å². The minimum atomic E-state index is -0.160. The van der Waals surface area contributed by atoms with Gasteiger partial charge in [0.2, 0.25) is 0 Å². The number of hydrogen-bond acceptors (Lipinski definition) is 5. The fourth-order valence-corrected chi connectivity index (χ4v) is 13.6.